The van der Waals surface area contributed by atoms with Gasteiger partial charge in [-0.3, -0.25) is 0 Å². The van der Waals surface area contributed by atoms with Gasteiger partial charge in [0, 0.05) is 11.4 Å². The Morgan fingerprint density at radius 2 is 1.41 bits per heavy atom. The van der Waals surface area contributed by atoms with Crippen molar-refractivity contribution in [1.82, 2.24) is 5.32 Å². The number of aryl methyl sites for hydroxylation is 1. The highest BCUT2D eigenvalue weighted by Crippen LogP contribution is 2.42. The molecule has 0 aliphatic carbocycles. The van der Waals surface area contributed by atoms with Crippen LogP contribution in [0.3, 0.4) is 0 Å². The van der Waals surface area contributed by atoms with Crippen LogP contribution in [0.2, 0.25) is 18.1 Å². The molecule has 1 N–H and O–H groups in total. The molecule has 0 unspecified atom stereocenters. The molecule has 0 heterocycles. The smallest absolute Gasteiger partial charge is 0.193 e. The van der Waals surface area contributed by atoms with Crippen LogP contribution in [0.25, 0.3) is 0 Å². The third-order valence-electron chi connectivity index (χ3n) is 6.29. The fraction of sp³-hybridized carbons (Fsp3) is 0.357. The van der Waals surface area contributed by atoms with Crippen molar-refractivity contribution in [2.75, 3.05) is 0 Å². The van der Waals surface area contributed by atoms with Crippen LogP contribution in [0.1, 0.15) is 43.5 Å². The van der Waals surface area contributed by atoms with Crippen LogP contribution in [0, 0.1) is 6.92 Å². The van der Waals surface area contributed by atoms with E-state index < -0.39 is 8.32 Å². The summed E-state index contributed by atoms with van der Waals surface area (Å²) in [5, 5.41) is 3.97. The first-order valence-electron chi connectivity index (χ1n) is 11.4. The highest BCUT2D eigenvalue weighted by atomic mass is 32.2. The van der Waals surface area contributed by atoms with Crippen LogP contribution in [0.4, 0.5) is 0 Å². The predicted octanol–water partition coefficient (Wildman–Crippen LogP) is 7.97. The largest absolute Gasteiger partial charge is 0.403 e. The number of nitrogens with one attached hydrogen (secondary N) is 1. The van der Waals surface area contributed by atoms with Crippen LogP contribution in [-0.4, -0.2) is 13.8 Å². The van der Waals surface area contributed by atoms with Crippen molar-refractivity contribution in [3.05, 3.63) is 102 Å². The van der Waals surface area contributed by atoms with E-state index in [0.29, 0.717) is 0 Å². The summed E-state index contributed by atoms with van der Waals surface area (Å²) in [5.74, 6) is 0. The summed E-state index contributed by atoms with van der Waals surface area (Å²) >= 11 is 1.83. The van der Waals surface area contributed by atoms with Crippen LogP contribution in [0.15, 0.2) is 89.8 Å². The summed E-state index contributed by atoms with van der Waals surface area (Å²) in [6, 6.07) is 30.2. The molecule has 0 aliphatic heterocycles. The molecule has 4 heteroatoms. The molecule has 0 saturated carbocycles. The lowest BCUT2D eigenvalue weighted by Gasteiger charge is -2.41. The van der Waals surface area contributed by atoms with Gasteiger partial charge in [0.2, 0.25) is 0 Å². The van der Waals surface area contributed by atoms with E-state index in [4.69, 9.17) is 4.43 Å². The predicted molar refractivity (Wildman–Crippen MR) is 142 cm³/mol. The zero-order valence-electron chi connectivity index (χ0n) is 20.3. The van der Waals surface area contributed by atoms with Gasteiger partial charge in [0.05, 0.1) is 6.04 Å². The molecule has 0 spiro atoms. The van der Waals surface area contributed by atoms with Gasteiger partial charge >= 0.3 is 0 Å². The molecule has 2 atom stereocenters. The summed E-state index contributed by atoms with van der Waals surface area (Å²) < 4.78 is 7.08. The molecule has 3 aromatic carbocycles. The molecule has 0 aromatic heterocycles. The molecule has 0 amide bonds. The van der Waals surface area contributed by atoms with Gasteiger partial charge in [0.1, 0.15) is 5.44 Å². The van der Waals surface area contributed by atoms with E-state index in [1.54, 1.807) is 0 Å². The van der Waals surface area contributed by atoms with Crippen molar-refractivity contribution >= 4 is 20.1 Å². The summed E-state index contributed by atoms with van der Waals surface area (Å²) in [5.41, 5.74) is 3.77. The molecule has 3 rings (SSSR count). The monoisotopic (exact) mass is 463 g/mol. The number of rotatable bonds is 9. The number of hydrogen-bond donors (Lipinski definition) is 1. The van der Waals surface area contributed by atoms with Gasteiger partial charge < -0.3 is 9.74 Å². The number of hydrogen-bond acceptors (Lipinski definition) is 3. The SMILES string of the molecule is Cc1ccc(S[C@H](O[Si](C)(C)C(C)(C)C)[C@@H](NCc2ccccc2)c2ccccc2)cc1. The molecule has 0 aliphatic rings. The van der Waals surface area contributed by atoms with Gasteiger partial charge in [-0.1, -0.05) is 111 Å². The standard InChI is InChI=1S/C28H37NOSSi/c1-22-17-19-25(20-18-22)31-27(30-32(5,6)28(2,3)4)26(24-15-11-8-12-16-24)29-21-23-13-9-7-10-14-23/h7-20,26-27,29H,21H2,1-6H3/t26-,27-/m0/s1. The summed E-state index contributed by atoms with van der Waals surface area (Å²) in [6.07, 6.45) is 0. The molecule has 3 aromatic rings. The van der Waals surface area contributed by atoms with Crippen molar-refractivity contribution < 1.29 is 4.43 Å². The Labute approximate surface area is 199 Å². The lowest BCUT2D eigenvalue weighted by atomic mass is 10.1. The van der Waals surface area contributed by atoms with Gasteiger partial charge in [-0.05, 0) is 48.3 Å². The fourth-order valence-electron chi connectivity index (χ4n) is 3.23. The van der Waals surface area contributed by atoms with Crippen LogP contribution in [-0.2, 0) is 11.0 Å². The van der Waals surface area contributed by atoms with Gasteiger partial charge in [0.15, 0.2) is 8.32 Å². The normalized spacial score (nSPS) is 14.2. The summed E-state index contributed by atoms with van der Waals surface area (Å²) in [7, 11) is -2.00. The average molecular weight is 464 g/mol. The zero-order chi connectivity index (χ0) is 23.2. The summed E-state index contributed by atoms with van der Waals surface area (Å²) in [6.45, 7) is 14.5. The molecule has 0 bridgehead atoms. The second kappa shape index (κ2) is 10.8. The molecule has 2 nitrogen and oxygen atoms in total. The van der Waals surface area contributed by atoms with Crippen LogP contribution >= 0.6 is 11.8 Å². The van der Waals surface area contributed by atoms with Crippen molar-refractivity contribution in [2.45, 2.75) is 68.7 Å². The third-order valence-corrected chi connectivity index (χ3v) is 12.1. The van der Waals surface area contributed by atoms with E-state index in [2.05, 4.69) is 131 Å². The van der Waals surface area contributed by atoms with Gasteiger partial charge in [-0.2, -0.15) is 0 Å². The number of thioether (sulfide) groups is 1. The zero-order valence-corrected chi connectivity index (χ0v) is 22.1. The van der Waals surface area contributed by atoms with E-state index in [1.165, 1.54) is 21.6 Å². The van der Waals surface area contributed by atoms with E-state index in [9.17, 15) is 0 Å². The lowest BCUT2D eigenvalue weighted by molar-refractivity contribution is 0.212. The summed E-state index contributed by atoms with van der Waals surface area (Å²) in [4.78, 5) is 1.24. The Morgan fingerprint density at radius 1 is 0.844 bits per heavy atom. The first-order chi connectivity index (χ1) is 15.2. The molecular weight excluding hydrogens is 426 g/mol. The molecule has 170 valence electrons. The van der Waals surface area contributed by atoms with Crippen molar-refractivity contribution in [3.8, 4) is 0 Å². The maximum atomic E-state index is 7.08. The van der Waals surface area contributed by atoms with Crippen molar-refractivity contribution in [3.63, 3.8) is 0 Å². The second-order valence-electron chi connectivity index (χ2n) is 9.93. The van der Waals surface area contributed by atoms with E-state index in [1.807, 2.05) is 11.8 Å². The highest BCUT2D eigenvalue weighted by molar-refractivity contribution is 7.99. The third kappa shape index (κ3) is 6.82. The fourth-order valence-corrected chi connectivity index (χ4v) is 6.17. The minimum atomic E-state index is -2.00. The topological polar surface area (TPSA) is 21.3 Å². The van der Waals surface area contributed by atoms with E-state index >= 15 is 0 Å². The Morgan fingerprint density at radius 3 is 1.97 bits per heavy atom. The Bertz CT molecular complexity index is 952. The number of benzene rings is 3. The second-order valence-corrected chi connectivity index (χ2v) is 15.9. The highest BCUT2D eigenvalue weighted by Gasteiger charge is 2.41. The van der Waals surface area contributed by atoms with Gasteiger partial charge in [0.25, 0.3) is 0 Å². The molecular formula is C28H37NOSSi. The quantitative estimate of drug-likeness (QED) is 0.197. The minimum absolute atomic E-state index is 0.0373. The average Bonchev–Trinajstić information content (AvgIpc) is 2.76. The van der Waals surface area contributed by atoms with Gasteiger partial charge in [-0.25, -0.2) is 0 Å². The van der Waals surface area contributed by atoms with Crippen molar-refractivity contribution in [2.24, 2.45) is 0 Å². The molecule has 0 saturated heterocycles. The van der Waals surface area contributed by atoms with Crippen molar-refractivity contribution in [1.29, 1.82) is 0 Å². The maximum Gasteiger partial charge on any atom is 0.193 e. The molecule has 0 radical (unpaired) electrons. The van der Waals surface area contributed by atoms with Crippen LogP contribution < -0.4 is 5.32 Å². The Kier molecular flexibility index (Phi) is 8.40. The molecule has 32 heavy (non-hydrogen) atoms. The molecule has 0 fully saturated rings. The Hall–Kier alpha value is -1.85. The van der Waals surface area contributed by atoms with Crippen LogP contribution in [0.5, 0.6) is 0 Å². The minimum Gasteiger partial charge on any atom is -0.403 e. The van der Waals surface area contributed by atoms with E-state index in [-0.39, 0.29) is 16.5 Å². The Balaban J connectivity index is 1.95. The lowest BCUT2D eigenvalue weighted by Crippen LogP contribution is -2.46. The van der Waals surface area contributed by atoms with E-state index in [0.717, 1.165) is 6.54 Å². The van der Waals surface area contributed by atoms with Gasteiger partial charge in [-0.15, -0.1) is 0 Å². The first kappa shape index (κ1) is 24.8. The first-order valence-corrected chi connectivity index (χ1v) is 15.2. The maximum absolute atomic E-state index is 7.08.